The summed E-state index contributed by atoms with van der Waals surface area (Å²) >= 11 is 0. The lowest BCUT2D eigenvalue weighted by molar-refractivity contribution is 0.104. The molecule has 0 fully saturated rings. The van der Waals surface area contributed by atoms with Crippen molar-refractivity contribution in [2.45, 2.75) is 6.61 Å². The van der Waals surface area contributed by atoms with Gasteiger partial charge in [-0.05, 0) is 17.7 Å². The van der Waals surface area contributed by atoms with Gasteiger partial charge in [-0.25, -0.2) is 0 Å². The average Bonchev–Trinajstić information content (AvgIpc) is 2.72. The van der Waals surface area contributed by atoms with Crippen LogP contribution in [0.25, 0.3) is 6.08 Å². The van der Waals surface area contributed by atoms with Gasteiger partial charge >= 0.3 is 0 Å². The molecule has 1 aromatic heterocycles. The summed E-state index contributed by atoms with van der Waals surface area (Å²) in [5.74, 6) is 1.06. The van der Waals surface area contributed by atoms with Crippen LogP contribution in [0.2, 0.25) is 0 Å². The van der Waals surface area contributed by atoms with Gasteiger partial charge in [0.1, 0.15) is 6.61 Å². The van der Waals surface area contributed by atoms with Gasteiger partial charge in [-0.2, -0.15) is 0 Å². The van der Waals surface area contributed by atoms with Crippen molar-refractivity contribution in [1.29, 1.82) is 0 Å². The van der Waals surface area contributed by atoms with Crippen molar-refractivity contribution in [2.24, 2.45) is 0 Å². The Morgan fingerprint density at radius 2 is 1.69 bits per heavy atom. The third kappa shape index (κ3) is 4.57. The summed E-state index contributed by atoms with van der Waals surface area (Å²) in [5, 5.41) is 0. The summed E-state index contributed by atoms with van der Waals surface area (Å²) in [6.45, 7) is 0.424. The maximum atomic E-state index is 12.2. The summed E-state index contributed by atoms with van der Waals surface area (Å²) in [5.41, 5.74) is 2.32. The molecule has 0 aliphatic carbocycles. The topological polar surface area (TPSA) is 48.4 Å². The number of pyridine rings is 1. The molecule has 0 radical (unpaired) electrons. The molecule has 130 valence electrons. The first-order valence-corrected chi connectivity index (χ1v) is 8.24. The molecule has 0 bridgehead atoms. The molecule has 1 heterocycles. The molecule has 3 aromatic rings. The van der Waals surface area contributed by atoms with Crippen LogP contribution in [0.15, 0.2) is 79.0 Å². The first-order chi connectivity index (χ1) is 12.8. The molecular formula is C22H19NO3. The number of carbonyl (C=O) groups excluding carboxylic acids is 1. The van der Waals surface area contributed by atoms with Crippen LogP contribution >= 0.6 is 0 Å². The SMILES string of the molecule is COc1cnc(/C=C/C(=O)c2ccccc2)cc1OCc1ccccc1. The number of methoxy groups -OCH3 is 1. The lowest BCUT2D eigenvalue weighted by atomic mass is 10.1. The van der Waals surface area contributed by atoms with Crippen molar-refractivity contribution in [3.63, 3.8) is 0 Å². The number of ketones is 1. The zero-order valence-electron chi connectivity index (χ0n) is 14.5. The number of ether oxygens (including phenoxy) is 2. The Bertz CT molecular complexity index is 890. The van der Waals surface area contributed by atoms with Crippen molar-refractivity contribution in [1.82, 2.24) is 4.98 Å². The fraction of sp³-hybridized carbons (Fsp3) is 0.0909. The summed E-state index contributed by atoms with van der Waals surface area (Å²) in [6.07, 6.45) is 4.77. The second kappa shape index (κ2) is 8.62. The van der Waals surface area contributed by atoms with Gasteiger partial charge in [-0.15, -0.1) is 0 Å². The van der Waals surface area contributed by atoms with Crippen LogP contribution in [0.3, 0.4) is 0 Å². The minimum Gasteiger partial charge on any atom is -0.491 e. The molecule has 0 saturated carbocycles. The first-order valence-electron chi connectivity index (χ1n) is 8.24. The number of rotatable bonds is 7. The van der Waals surface area contributed by atoms with E-state index < -0.39 is 0 Å². The minimum absolute atomic E-state index is 0.0741. The van der Waals surface area contributed by atoms with Crippen LogP contribution in [0.5, 0.6) is 11.5 Å². The molecule has 2 aromatic carbocycles. The molecule has 0 atom stereocenters. The number of hydrogen-bond donors (Lipinski definition) is 0. The summed E-state index contributed by atoms with van der Waals surface area (Å²) in [7, 11) is 1.57. The summed E-state index contributed by atoms with van der Waals surface area (Å²) < 4.78 is 11.2. The quantitative estimate of drug-likeness (QED) is 0.465. The van der Waals surface area contributed by atoms with Crippen LogP contribution in [0, 0.1) is 0 Å². The summed E-state index contributed by atoms with van der Waals surface area (Å²) in [6, 6.07) is 20.7. The van der Waals surface area contributed by atoms with Gasteiger partial charge in [0.2, 0.25) is 0 Å². The van der Waals surface area contributed by atoms with E-state index in [0.717, 1.165) is 5.56 Å². The third-order valence-corrected chi connectivity index (χ3v) is 3.77. The standard InChI is InChI=1S/C22H19NO3/c1-25-22-15-23-19(12-13-20(24)18-10-6-3-7-11-18)14-21(22)26-16-17-8-4-2-5-9-17/h2-15H,16H2,1H3/b13-12+. The predicted molar refractivity (Wildman–Crippen MR) is 101 cm³/mol. The molecule has 0 saturated heterocycles. The van der Waals surface area contributed by atoms with E-state index in [1.165, 1.54) is 6.08 Å². The molecule has 4 heteroatoms. The Kier molecular flexibility index (Phi) is 5.78. The molecular weight excluding hydrogens is 326 g/mol. The monoisotopic (exact) mass is 345 g/mol. The van der Waals surface area contributed by atoms with E-state index in [0.29, 0.717) is 29.4 Å². The third-order valence-electron chi connectivity index (χ3n) is 3.77. The zero-order chi connectivity index (χ0) is 18.2. The van der Waals surface area contributed by atoms with E-state index in [-0.39, 0.29) is 5.78 Å². The second-order valence-electron chi connectivity index (χ2n) is 5.60. The van der Waals surface area contributed by atoms with Gasteiger partial charge in [-0.1, -0.05) is 60.7 Å². The Morgan fingerprint density at radius 1 is 1.00 bits per heavy atom. The minimum atomic E-state index is -0.0741. The largest absolute Gasteiger partial charge is 0.491 e. The zero-order valence-corrected chi connectivity index (χ0v) is 14.5. The van der Waals surface area contributed by atoms with Crippen LogP contribution in [0.1, 0.15) is 21.6 Å². The molecule has 3 rings (SSSR count). The normalized spacial score (nSPS) is 10.7. The van der Waals surface area contributed by atoms with E-state index in [4.69, 9.17) is 9.47 Å². The van der Waals surface area contributed by atoms with Gasteiger partial charge in [0, 0.05) is 11.6 Å². The molecule has 0 aliphatic heterocycles. The Balaban J connectivity index is 1.74. The van der Waals surface area contributed by atoms with Crippen molar-refractivity contribution in [2.75, 3.05) is 7.11 Å². The smallest absolute Gasteiger partial charge is 0.185 e. The van der Waals surface area contributed by atoms with Crippen LogP contribution in [0.4, 0.5) is 0 Å². The molecule has 4 nitrogen and oxygen atoms in total. The predicted octanol–water partition coefficient (Wildman–Crippen LogP) is 4.57. The van der Waals surface area contributed by atoms with Crippen LogP contribution in [-0.4, -0.2) is 17.9 Å². The molecule has 0 N–H and O–H groups in total. The molecule has 0 unspecified atom stereocenters. The highest BCUT2D eigenvalue weighted by atomic mass is 16.5. The highest BCUT2D eigenvalue weighted by molar-refractivity contribution is 6.06. The Labute approximate surface area is 152 Å². The van der Waals surface area contributed by atoms with Crippen LogP contribution < -0.4 is 9.47 Å². The van der Waals surface area contributed by atoms with Gasteiger partial charge in [0.15, 0.2) is 17.3 Å². The van der Waals surface area contributed by atoms with Gasteiger partial charge in [0.05, 0.1) is 19.0 Å². The molecule has 0 spiro atoms. The fourth-order valence-electron chi connectivity index (χ4n) is 2.39. The number of carbonyl (C=O) groups is 1. The van der Waals surface area contributed by atoms with Gasteiger partial charge in [-0.3, -0.25) is 9.78 Å². The summed E-state index contributed by atoms with van der Waals surface area (Å²) in [4.78, 5) is 16.5. The maximum Gasteiger partial charge on any atom is 0.185 e. The lowest BCUT2D eigenvalue weighted by Gasteiger charge is -2.11. The van der Waals surface area contributed by atoms with E-state index in [9.17, 15) is 4.79 Å². The van der Waals surface area contributed by atoms with E-state index >= 15 is 0 Å². The second-order valence-corrected chi connectivity index (χ2v) is 5.60. The van der Waals surface area contributed by atoms with Gasteiger partial charge in [0.25, 0.3) is 0 Å². The lowest BCUT2D eigenvalue weighted by Crippen LogP contribution is -1.99. The number of hydrogen-bond acceptors (Lipinski definition) is 4. The fourth-order valence-corrected chi connectivity index (χ4v) is 2.39. The number of allylic oxidation sites excluding steroid dienone is 1. The molecule has 0 aliphatic rings. The highest BCUT2D eigenvalue weighted by Crippen LogP contribution is 2.27. The molecule has 0 amide bonds. The van der Waals surface area contributed by atoms with Crippen molar-refractivity contribution >= 4 is 11.9 Å². The maximum absolute atomic E-state index is 12.2. The van der Waals surface area contributed by atoms with E-state index in [2.05, 4.69) is 4.98 Å². The van der Waals surface area contributed by atoms with Crippen molar-refractivity contribution in [3.05, 3.63) is 95.8 Å². The van der Waals surface area contributed by atoms with Crippen molar-refractivity contribution < 1.29 is 14.3 Å². The van der Waals surface area contributed by atoms with Gasteiger partial charge < -0.3 is 9.47 Å². The van der Waals surface area contributed by atoms with E-state index in [1.807, 2.05) is 48.5 Å². The van der Waals surface area contributed by atoms with Crippen LogP contribution in [-0.2, 0) is 6.61 Å². The average molecular weight is 345 g/mol. The number of benzene rings is 2. The Morgan fingerprint density at radius 3 is 2.38 bits per heavy atom. The van der Waals surface area contributed by atoms with Crippen molar-refractivity contribution in [3.8, 4) is 11.5 Å². The number of aromatic nitrogens is 1. The highest BCUT2D eigenvalue weighted by Gasteiger charge is 2.07. The molecule has 26 heavy (non-hydrogen) atoms. The Hall–Kier alpha value is -3.40. The number of nitrogens with zero attached hydrogens (tertiary/aromatic N) is 1. The first kappa shape index (κ1) is 17.4. The van der Waals surface area contributed by atoms with E-state index in [1.54, 1.807) is 37.6 Å².